The number of aryl methyl sites for hydroxylation is 2. The van der Waals surface area contributed by atoms with Gasteiger partial charge in [0, 0.05) is 11.9 Å². The Bertz CT molecular complexity index is 482. The molecule has 0 aliphatic heterocycles. The van der Waals surface area contributed by atoms with Gasteiger partial charge in [-0.3, -0.25) is 0 Å². The summed E-state index contributed by atoms with van der Waals surface area (Å²) in [5.74, 6) is -1.49. The zero-order valence-corrected chi connectivity index (χ0v) is 11.4. The van der Waals surface area contributed by atoms with E-state index in [2.05, 4.69) is 14.8 Å². The summed E-state index contributed by atoms with van der Waals surface area (Å²) in [5, 5.41) is 2.95. The molecule has 5 nitrogen and oxygen atoms in total. The maximum Gasteiger partial charge on any atom is 0.346 e. The SMILES string of the molecule is COC(=O)C(=CNc1c(C)cccc1C)C(=O)OC. The van der Waals surface area contributed by atoms with Crippen molar-refractivity contribution < 1.29 is 19.1 Å². The third kappa shape index (κ3) is 3.58. The molecule has 0 unspecified atom stereocenters. The molecule has 1 aromatic carbocycles. The second kappa shape index (κ2) is 6.58. The lowest BCUT2D eigenvalue weighted by Crippen LogP contribution is -2.17. The number of hydrogen-bond donors (Lipinski definition) is 1. The van der Waals surface area contributed by atoms with Crippen LogP contribution in [0.15, 0.2) is 30.0 Å². The van der Waals surface area contributed by atoms with Gasteiger partial charge in [0.25, 0.3) is 0 Å². The van der Waals surface area contributed by atoms with Gasteiger partial charge in [0.1, 0.15) is 0 Å². The number of ether oxygens (including phenoxy) is 2. The molecule has 0 amide bonds. The van der Waals surface area contributed by atoms with E-state index in [1.54, 1.807) is 0 Å². The van der Waals surface area contributed by atoms with E-state index in [1.165, 1.54) is 20.4 Å². The zero-order valence-electron chi connectivity index (χ0n) is 11.4. The normalized spacial score (nSPS) is 9.47. The monoisotopic (exact) mass is 263 g/mol. The van der Waals surface area contributed by atoms with Gasteiger partial charge in [0.05, 0.1) is 14.2 Å². The maximum atomic E-state index is 11.5. The van der Waals surface area contributed by atoms with E-state index >= 15 is 0 Å². The highest BCUT2D eigenvalue weighted by Crippen LogP contribution is 2.19. The summed E-state index contributed by atoms with van der Waals surface area (Å²) in [5.41, 5.74) is 2.66. The van der Waals surface area contributed by atoms with Crippen LogP contribution in [0.5, 0.6) is 0 Å². The Labute approximate surface area is 112 Å². The van der Waals surface area contributed by atoms with Crippen LogP contribution in [0.4, 0.5) is 5.69 Å². The number of hydrogen-bond acceptors (Lipinski definition) is 5. The first-order chi connectivity index (χ1) is 9.01. The van der Waals surface area contributed by atoms with E-state index in [9.17, 15) is 9.59 Å². The Kier molecular flexibility index (Phi) is 5.11. The van der Waals surface area contributed by atoms with Gasteiger partial charge in [-0.25, -0.2) is 9.59 Å². The van der Waals surface area contributed by atoms with Crippen LogP contribution in [0.3, 0.4) is 0 Å². The molecule has 0 atom stereocenters. The molecule has 0 aliphatic rings. The first kappa shape index (κ1) is 14.8. The molecule has 102 valence electrons. The summed E-state index contributed by atoms with van der Waals surface area (Å²) >= 11 is 0. The molecule has 0 aliphatic carbocycles. The van der Waals surface area contributed by atoms with Crippen molar-refractivity contribution in [3.8, 4) is 0 Å². The van der Waals surface area contributed by atoms with Crippen LogP contribution >= 0.6 is 0 Å². The molecule has 0 fully saturated rings. The summed E-state index contributed by atoms with van der Waals surface area (Å²) in [6.45, 7) is 3.86. The smallest absolute Gasteiger partial charge is 0.346 e. The number of rotatable bonds is 4. The molecule has 0 aromatic heterocycles. The molecular formula is C14H17NO4. The van der Waals surface area contributed by atoms with E-state index in [4.69, 9.17) is 0 Å². The quantitative estimate of drug-likeness (QED) is 0.389. The Hall–Kier alpha value is -2.30. The van der Waals surface area contributed by atoms with Gasteiger partial charge in [-0.15, -0.1) is 0 Å². The molecule has 0 saturated heterocycles. The Morgan fingerprint density at radius 1 is 1.05 bits per heavy atom. The molecule has 0 spiro atoms. The van der Waals surface area contributed by atoms with Gasteiger partial charge in [0.2, 0.25) is 0 Å². The third-order valence-electron chi connectivity index (χ3n) is 2.65. The molecular weight excluding hydrogens is 246 g/mol. The second-order valence-corrected chi connectivity index (χ2v) is 3.95. The number of benzene rings is 1. The summed E-state index contributed by atoms with van der Waals surface area (Å²) in [7, 11) is 2.41. The van der Waals surface area contributed by atoms with Crippen LogP contribution in [-0.2, 0) is 19.1 Å². The van der Waals surface area contributed by atoms with Crippen LogP contribution in [0.25, 0.3) is 0 Å². The van der Waals surface area contributed by atoms with Crippen LogP contribution in [0.2, 0.25) is 0 Å². The number of carbonyl (C=O) groups excluding carboxylic acids is 2. The molecule has 5 heteroatoms. The lowest BCUT2D eigenvalue weighted by atomic mass is 10.1. The molecule has 1 N–H and O–H groups in total. The number of carbonyl (C=O) groups is 2. The minimum absolute atomic E-state index is 0.187. The first-order valence-electron chi connectivity index (χ1n) is 5.70. The summed E-state index contributed by atoms with van der Waals surface area (Å²) < 4.78 is 9.07. The summed E-state index contributed by atoms with van der Waals surface area (Å²) in [6.07, 6.45) is 1.30. The predicted molar refractivity (Wildman–Crippen MR) is 71.7 cm³/mol. The Morgan fingerprint density at radius 3 is 1.95 bits per heavy atom. The Balaban J connectivity index is 3.05. The average Bonchev–Trinajstić information content (AvgIpc) is 2.40. The van der Waals surface area contributed by atoms with Crippen molar-refractivity contribution in [2.45, 2.75) is 13.8 Å². The number of nitrogens with one attached hydrogen (secondary N) is 1. The van der Waals surface area contributed by atoms with Crippen LogP contribution in [-0.4, -0.2) is 26.2 Å². The van der Waals surface area contributed by atoms with Crippen LogP contribution in [0.1, 0.15) is 11.1 Å². The fourth-order valence-corrected chi connectivity index (χ4v) is 1.61. The van der Waals surface area contributed by atoms with Gasteiger partial charge < -0.3 is 14.8 Å². The fraction of sp³-hybridized carbons (Fsp3) is 0.286. The topological polar surface area (TPSA) is 64.6 Å². The van der Waals surface area contributed by atoms with E-state index in [0.717, 1.165) is 16.8 Å². The predicted octanol–water partition coefficient (Wildman–Crippen LogP) is 1.95. The maximum absolute atomic E-state index is 11.5. The van der Waals surface area contributed by atoms with Crippen molar-refractivity contribution in [2.24, 2.45) is 0 Å². The highest BCUT2D eigenvalue weighted by atomic mass is 16.5. The van der Waals surface area contributed by atoms with Gasteiger partial charge in [-0.05, 0) is 25.0 Å². The highest BCUT2D eigenvalue weighted by molar-refractivity contribution is 6.14. The minimum atomic E-state index is -0.745. The minimum Gasteiger partial charge on any atom is -0.465 e. The number of anilines is 1. The molecule has 0 saturated carbocycles. The second-order valence-electron chi connectivity index (χ2n) is 3.95. The van der Waals surface area contributed by atoms with E-state index < -0.39 is 11.9 Å². The molecule has 0 heterocycles. The van der Waals surface area contributed by atoms with Crippen molar-refractivity contribution in [3.63, 3.8) is 0 Å². The summed E-state index contributed by atoms with van der Waals surface area (Å²) in [4.78, 5) is 22.9. The zero-order chi connectivity index (χ0) is 14.4. The summed E-state index contributed by atoms with van der Waals surface area (Å²) in [6, 6.07) is 5.79. The van der Waals surface area contributed by atoms with Crippen LogP contribution in [0, 0.1) is 13.8 Å². The van der Waals surface area contributed by atoms with Gasteiger partial charge in [0.15, 0.2) is 5.57 Å². The van der Waals surface area contributed by atoms with Gasteiger partial charge in [-0.1, -0.05) is 18.2 Å². The molecule has 0 radical (unpaired) electrons. The molecule has 1 rings (SSSR count). The van der Waals surface area contributed by atoms with E-state index in [1.807, 2.05) is 32.0 Å². The third-order valence-corrected chi connectivity index (χ3v) is 2.65. The first-order valence-corrected chi connectivity index (χ1v) is 5.70. The van der Waals surface area contributed by atoms with Crippen molar-refractivity contribution in [2.75, 3.05) is 19.5 Å². The number of para-hydroxylation sites is 1. The highest BCUT2D eigenvalue weighted by Gasteiger charge is 2.19. The lowest BCUT2D eigenvalue weighted by Gasteiger charge is -2.10. The number of methoxy groups -OCH3 is 2. The van der Waals surface area contributed by atoms with Gasteiger partial charge in [-0.2, -0.15) is 0 Å². The molecule has 19 heavy (non-hydrogen) atoms. The fourth-order valence-electron chi connectivity index (χ4n) is 1.61. The Morgan fingerprint density at radius 2 is 1.53 bits per heavy atom. The molecule has 1 aromatic rings. The van der Waals surface area contributed by atoms with E-state index in [-0.39, 0.29) is 5.57 Å². The van der Waals surface area contributed by atoms with Gasteiger partial charge >= 0.3 is 11.9 Å². The van der Waals surface area contributed by atoms with E-state index in [0.29, 0.717) is 0 Å². The van der Waals surface area contributed by atoms with Crippen molar-refractivity contribution in [1.82, 2.24) is 0 Å². The van der Waals surface area contributed by atoms with Crippen LogP contribution < -0.4 is 5.32 Å². The lowest BCUT2D eigenvalue weighted by molar-refractivity contribution is -0.144. The van der Waals surface area contributed by atoms with Crippen molar-refractivity contribution >= 4 is 17.6 Å². The molecule has 0 bridgehead atoms. The standard InChI is InChI=1S/C14H17NO4/c1-9-6-5-7-10(2)12(9)15-8-11(13(16)18-3)14(17)19-4/h5-8,15H,1-4H3. The number of esters is 2. The largest absolute Gasteiger partial charge is 0.465 e. The average molecular weight is 263 g/mol. The van der Waals surface area contributed by atoms with Crippen molar-refractivity contribution in [1.29, 1.82) is 0 Å². The van der Waals surface area contributed by atoms with Crippen molar-refractivity contribution in [3.05, 3.63) is 41.1 Å².